The summed E-state index contributed by atoms with van der Waals surface area (Å²) in [5, 5.41) is 1.03. The van der Waals surface area contributed by atoms with Crippen LogP contribution in [-0.4, -0.2) is 15.8 Å². The fourth-order valence-corrected chi connectivity index (χ4v) is 4.04. The van der Waals surface area contributed by atoms with E-state index in [1.807, 2.05) is 53.4 Å². The van der Waals surface area contributed by atoms with Gasteiger partial charge in [-0.25, -0.2) is 0 Å². The van der Waals surface area contributed by atoms with Crippen molar-refractivity contribution in [3.05, 3.63) is 101 Å². The van der Waals surface area contributed by atoms with Crippen LogP contribution >= 0.6 is 0 Å². The van der Waals surface area contributed by atoms with Crippen molar-refractivity contribution in [2.75, 3.05) is 0 Å². The zero-order valence-corrected chi connectivity index (χ0v) is 15.7. The topological polar surface area (TPSA) is 33.2 Å². The van der Waals surface area contributed by atoms with Crippen LogP contribution in [-0.2, 0) is 13.1 Å². The number of pyridine rings is 1. The van der Waals surface area contributed by atoms with Gasteiger partial charge in [0.15, 0.2) is 0 Å². The lowest BCUT2D eigenvalue weighted by Crippen LogP contribution is -2.23. The fourth-order valence-electron chi connectivity index (χ4n) is 4.04. The molecule has 3 nitrogen and oxygen atoms in total. The molecule has 5 rings (SSSR count). The van der Waals surface area contributed by atoms with Gasteiger partial charge in [0, 0.05) is 17.5 Å². The van der Waals surface area contributed by atoms with Crippen LogP contribution in [0, 0.1) is 6.92 Å². The number of nitrogens with zero attached hydrogens (tertiary/aromatic N) is 2. The zero-order chi connectivity index (χ0) is 19.1. The highest BCUT2D eigenvalue weighted by Gasteiger charge is 2.33. The smallest absolute Gasteiger partial charge is 0.257 e. The minimum Gasteiger partial charge on any atom is -0.328 e. The second kappa shape index (κ2) is 6.61. The summed E-state index contributed by atoms with van der Waals surface area (Å²) in [5.41, 5.74) is 6.99. The van der Waals surface area contributed by atoms with Gasteiger partial charge < -0.3 is 4.90 Å². The van der Waals surface area contributed by atoms with Crippen molar-refractivity contribution in [3.8, 4) is 11.1 Å². The van der Waals surface area contributed by atoms with E-state index in [-0.39, 0.29) is 5.91 Å². The molecule has 0 bridgehead atoms. The molecule has 0 radical (unpaired) electrons. The highest BCUT2D eigenvalue weighted by molar-refractivity contribution is 6.11. The van der Waals surface area contributed by atoms with Crippen LogP contribution in [0.15, 0.2) is 78.9 Å². The maximum Gasteiger partial charge on any atom is 0.257 e. The van der Waals surface area contributed by atoms with Crippen molar-refractivity contribution in [3.63, 3.8) is 0 Å². The molecule has 0 saturated heterocycles. The lowest BCUT2D eigenvalue weighted by Gasteiger charge is -2.17. The van der Waals surface area contributed by atoms with E-state index in [0.29, 0.717) is 13.1 Å². The van der Waals surface area contributed by atoms with Crippen molar-refractivity contribution >= 4 is 16.8 Å². The van der Waals surface area contributed by atoms with E-state index in [4.69, 9.17) is 4.98 Å². The lowest BCUT2D eigenvalue weighted by molar-refractivity contribution is 0.0766. The largest absolute Gasteiger partial charge is 0.328 e. The third-order valence-electron chi connectivity index (χ3n) is 5.49. The molecule has 28 heavy (non-hydrogen) atoms. The predicted octanol–water partition coefficient (Wildman–Crippen LogP) is 5.37. The number of benzene rings is 3. The Kier molecular flexibility index (Phi) is 3.94. The average molecular weight is 364 g/mol. The van der Waals surface area contributed by atoms with Crippen LogP contribution in [0.25, 0.3) is 22.0 Å². The van der Waals surface area contributed by atoms with Gasteiger partial charge in [-0.05, 0) is 29.7 Å². The molecule has 1 amide bonds. The monoisotopic (exact) mass is 364 g/mol. The summed E-state index contributed by atoms with van der Waals surface area (Å²) in [5.74, 6) is 0.0651. The molecular formula is C25H20N2O. The summed E-state index contributed by atoms with van der Waals surface area (Å²) in [6.45, 7) is 3.24. The molecule has 3 aromatic carbocycles. The Labute approximate surface area is 164 Å². The van der Waals surface area contributed by atoms with E-state index >= 15 is 0 Å². The summed E-state index contributed by atoms with van der Waals surface area (Å²) < 4.78 is 0. The van der Waals surface area contributed by atoms with Gasteiger partial charge >= 0.3 is 0 Å². The van der Waals surface area contributed by atoms with Crippen LogP contribution in [0.3, 0.4) is 0 Å². The number of carbonyl (C=O) groups is 1. The Morgan fingerprint density at radius 2 is 1.57 bits per heavy atom. The molecule has 2 heterocycles. The molecule has 0 aliphatic carbocycles. The first kappa shape index (κ1) is 16.7. The quantitative estimate of drug-likeness (QED) is 0.490. The van der Waals surface area contributed by atoms with Crippen molar-refractivity contribution in [2.24, 2.45) is 0 Å². The molecule has 3 heteroatoms. The Morgan fingerprint density at radius 3 is 2.39 bits per heavy atom. The number of fused-ring (bicyclic) bond motifs is 2. The summed E-state index contributed by atoms with van der Waals surface area (Å²) >= 11 is 0. The van der Waals surface area contributed by atoms with E-state index in [9.17, 15) is 4.79 Å². The Morgan fingerprint density at radius 1 is 0.857 bits per heavy atom. The van der Waals surface area contributed by atoms with Crippen LogP contribution in [0.5, 0.6) is 0 Å². The van der Waals surface area contributed by atoms with Crippen LogP contribution in [0.4, 0.5) is 0 Å². The first-order valence-corrected chi connectivity index (χ1v) is 9.53. The van der Waals surface area contributed by atoms with Gasteiger partial charge in [0.05, 0.1) is 23.3 Å². The molecule has 4 aromatic rings. The Balaban J connectivity index is 1.66. The second-order valence-corrected chi connectivity index (χ2v) is 7.28. The lowest BCUT2D eigenvalue weighted by atomic mass is 9.95. The minimum absolute atomic E-state index is 0.0651. The maximum atomic E-state index is 13.4. The molecule has 0 fully saturated rings. The summed E-state index contributed by atoms with van der Waals surface area (Å²) in [7, 11) is 0. The fraction of sp³-hybridized carbons (Fsp3) is 0.120. The summed E-state index contributed by atoms with van der Waals surface area (Å²) in [6.07, 6.45) is 0. The number of hydrogen-bond acceptors (Lipinski definition) is 2. The zero-order valence-electron chi connectivity index (χ0n) is 15.7. The number of hydrogen-bond donors (Lipinski definition) is 0. The average Bonchev–Trinajstić information content (AvgIpc) is 3.03. The van der Waals surface area contributed by atoms with Crippen molar-refractivity contribution in [1.29, 1.82) is 0 Å². The molecule has 1 aromatic heterocycles. The standard InChI is InChI=1S/C25H20N2O/c1-17-9-5-6-12-19(17)15-27-16-22-24(25(27)28)23(18-10-3-2-4-11-18)20-13-7-8-14-21(20)26-22/h2-14H,15-16H2,1H3. The van der Waals surface area contributed by atoms with Crippen molar-refractivity contribution in [2.45, 2.75) is 20.0 Å². The number of para-hydroxylation sites is 1. The third-order valence-corrected chi connectivity index (χ3v) is 5.49. The van der Waals surface area contributed by atoms with Gasteiger partial charge in [-0.15, -0.1) is 0 Å². The van der Waals surface area contributed by atoms with Crippen LogP contribution in [0.1, 0.15) is 27.2 Å². The van der Waals surface area contributed by atoms with Crippen molar-refractivity contribution < 1.29 is 4.79 Å². The van der Waals surface area contributed by atoms with E-state index in [1.165, 1.54) is 11.1 Å². The van der Waals surface area contributed by atoms with Crippen LogP contribution in [0.2, 0.25) is 0 Å². The van der Waals surface area contributed by atoms with Gasteiger partial charge in [-0.1, -0.05) is 72.8 Å². The molecular weight excluding hydrogens is 344 g/mol. The van der Waals surface area contributed by atoms with Gasteiger partial charge in [-0.3, -0.25) is 9.78 Å². The Hall–Kier alpha value is -3.46. The molecule has 0 saturated carbocycles. The molecule has 0 spiro atoms. The van der Waals surface area contributed by atoms with Crippen LogP contribution < -0.4 is 0 Å². The van der Waals surface area contributed by atoms with Crippen molar-refractivity contribution in [1.82, 2.24) is 9.88 Å². The number of carbonyl (C=O) groups excluding carboxylic acids is 1. The number of rotatable bonds is 3. The molecule has 1 aliphatic rings. The van der Waals surface area contributed by atoms with Gasteiger partial charge in [0.25, 0.3) is 5.91 Å². The highest BCUT2D eigenvalue weighted by atomic mass is 16.2. The summed E-state index contributed by atoms with van der Waals surface area (Å²) in [4.78, 5) is 20.2. The summed E-state index contributed by atoms with van der Waals surface area (Å²) in [6, 6.07) is 26.5. The second-order valence-electron chi connectivity index (χ2n) is 7.28. The molecule has 0 atom stereocenters. The minimum atomic E-state index is 0.0651. The van der Waals surface area contributed by atoms with Gasteiger partial charge in [0.2, 0.25) is 0 Å². The number of amides is 1. The molecule has 0 unspecified atom stereocenters. The first-order chi connectivity index (χ1) is 13.7. The van der Waals surface area contributed by atoms with E-state index in [1.54, 1.807) is 0 Å². The third kappa shape index (κ3) is 2.67. The highest BCUT2D eigenvalue weighted by Crippen LogP contribution is 2.37. The number of aryl methyl sites for hydroxylation is 1. The van der Waals surface area contributed by atoms with E-state index in [2.05, 4.69) is 37.3 Å². The molecule has 136 valence electrons. The van der Waals surface area contributed by atoms with E-state index in [0.717, 1.165) is 33.3 Å². The van der Waals surface area contributed by atoms with Gasteiger partial charge in [-0.2, -0.15) is 0 Å². The normalized spacial score (nSPS) is 13.2. The van der Waals surface area contributed by atoms with Gasteiger partial charge in [0.1, 0.15) is 0 Å². The first-order valence-electron chi connectivity index (χ1n) is 9.53. The molecule has 0 N–H and O–H groups in total. The predicted molar refractivity (Wildman–Crippen MR) is 112 cm³/mol. The SMILES string of the molecule is Cc1ccccc1CN1Cc2nc3ccccc3c(-c3ccccc3)c2C1=O. The number of aromatic nitrogens is 1. The Bertz CT molecular complexity index is 1200. The molecule has 1 aliphatic heterocycles. The maximum absolute atomic E-state index is 13.4. The van der Waals surface area contributed by atoms with E-state index < -0.39 is 0 Å².